The Hall–Kier alpha value is -0.700. The van der Waals surface area contributed by atoms with Gasteiger partial charge in [0.25, 0.3) is 0 Å². The predicted octanol–water partition coefficient (Wildman–Crippen LogP) is 0.743. The molecule has 66 valence electrons. The molecular weight excluding hydrogens is 138 g/mol. The number of hydrogen-bond acceptors (Lipinski definition) is 3. The van der Waals surface area contributed by atoms with E-state index >= 15 is 0 Å². The lowest BCUT2D eigenvalue weighted by molar-refractivity contribution is 0.675. The predicted molar refractivity (Wildman–Crippen MR) is 48.9 cm³/mol. The molecule has 0 bridgehead atoms. The van der Waals surface area contributed by atoms with Gasteiger partial charge in [-0.05, 0) is 19.9 Å². The maximum Gasteiger partial charge on any atom is 0.0648 e. The first kappa shape index (κ1) is 10.3. The van der Waals surface area contributed by atoms with E-state index in [1.165, 1.54) is 0 Å². The SMILES string of the molecule is CC/C(N)=C(\CC)NCNC. The van der Waals surface area contributed by atoms with E-state index in [0.29, 0.717) is 0 Å². The average Bonchev–Trinajstić information content (AvgIpc) is 2.05. The monoisotopic (exact) mass is 157 g/mol. The van der Waals surface area contributed by atoms with Crippen LogP contribution in [0, 0.1) is 0 Å². The lowest BCUT2D eigenvalue weighted by Crippen LogP contribution is -2.27. The van der Waals surface area contributed by atoms with Crippen LogP contribution in [0.1, 0.15) is 26.7 Å². The van der Waals surface area contributed by atoms with Crippen LogP contribution in [0.2, 0.25) is 0 Å². The quantitative estimate of drug-likeness (QED) is 0.516. The minimum absolute atomic E-state index is 0.782. The van der Waals surface area contributed by atoms with Crippen LogP contribution < -0.4 is 16.4 Å². The molecule has 0 atom stereocenters. The molecule has 0 spiro atoms. The third kappa shape index (κ3) is 3.88. The fourth-order valence-corrected chi connectivity index (χ4v) is 0.874. The molecule has 4 N–H and O–H groups in total. The molecule has 0 saturated heterocycles. The average molecular weight is 157 g/mol. The van der Waals surface area contributed by atoms with Crippen LogP contribution in [-0.2, 0) is 0 Å². The molecule has 11 heavy (non-hydrogen) atoms. The Morgan fingerprint density at radius 1 is 1.27 bits per heavy atom. The van der Waals surface area contributed by atoms with Gasteiger partial charge >= 0.3 is 0 Å². The lowest BCUT2D eigenvalue weighted by Gasteiger charge is -2.11. The van der Waals surface area contributed by atoms with Gasteiger partial charge in [-0.1, -0.05) is 13.8 Å². The normalized spacial score (nSPS) is 12.6. The first-order chi connectivity index (χ1) is 5.26. The molecule has 0 aromatic heterocycles. The van der Waals surface area contributed by atoms with E-state index < -0.39 is 0 Å². The van der Waals surface area contributed by atoms with Crippen molar-refractivity contribution in [2.75, 3.05) is 13.7 Å². The van der Waals surface area contributed by atoms with Crippen LogP contribution in [-0.4, -0.2) is 13.7 Å². The molecule has 0 fully saturated rings. The highest BCUT2D eigenvalue weighted by Gasteiger charge is 1.96. The van der Waals surface area contributed by atoms with E-state index in [1.54, 1.807) is 0 Å². The minimum atomic E-state index is 0.782. The summed E-state index contributed by atoms with van der Waals surface area (Å²) in [6.45, 7) is 4.94. The van der Waals surface area contributed by atoms with Crippen molar-refractivity contribution in [1.29, 1.82) is 0 Å². The van der Waals surface area contributed by atoms with Gasteiger partial charge in [0, 0.05) is 11.4 Å². The van der Waals surface area contributed by atoms with Gasteiger partial charge < -0.3 is 16.4 Å². The second-order valence-electron chi connectivity index (χ2n) is 2.42. The zero-order chi connectivity index (χ0) is 8.69. The van der Waals surface area contributed by atoms with Crippen molar-refractivity contribution in [1.82, 2.24) is 10.6 Å². The third-order valence-corrected chi connectivity index (χ3v) is 1.60. The highest BCUT2D eigenvalue weighted by atomic mass is 15.0. The number of rotatable bonds is 5. The summed E-state index contributed by atoms with van der Waals surface area (Å²) in [5, 5.41) is 6.22. The van der Waals surface area contributed by atoms with E-state index in [2.05, 4.69) is 24.5 Å². The number of nitrogens with one attached hydrogen (secondary N) is 2. The van der Waals surface area contributed by atoms with Crippen LogP contribution in [0.5, 0.6) is 0 Å². The van der Waals surface area contributed by atoms with Gasteiger partial charge in [-0.2, -0.15) is 0 Å². The molecule has 3 nitrogen and oxygen atoms in total. The third-order valence-electron chi connectivity index (χ3n) is 1.60. The Morgan fingerprint density at radius 2 is 1.91 bits per heavy atom. The van der Waals surface area contributed by atoms with Crippen molar-refractivity contribution in [3.63, 3.8) is 0 Å². The second kappa shape index (κ2) is 6.04. The topological polar surface area (TPSA) is 50.1 Å². The van der Waals surface area contributed by atoms with E-state index in [1.807, 2.05) is 7.05 Å². The summed E-state index contributed by atoms with van der Waals surface area (Å²) in [7, 11) is 1.91. The van der Waals surface area contributed by atoms with Gasteiger partial charge in [0.1, 0.15) is 0 Å². The highest BCUT2D eigenvalue weighted by molar-refractivity contribution is 5.07. The number of hydrogen-bond donors (Lipinski definition) is 3. The van der Waals surface area contributed by atoms with Gasteiger partial charge in [0.05, 0.1) is 6.67 Å². The van der Waals surface area contributed by atoms with Crippen molar-refractivity contribution in [2.45, 2.75) is 26.7 Å². The molecule has 0 aromatic rings. The molecule has 0 saturated carbocycles. The molecule has 0 rings (SSSR count). The van der Waals surface area contributed by atoms with E-state index in [9.17, 15) is 0 Å². The van der Waals surface area contributed by atoms with Crippen LogP contribution in [0.3, 0.4) is 0 Å². The number of allylic oxidation sites excluding steroid dienone is 2. The molecule has 0 aromatic carbocycles. The summed E-state index contributed by atoms with van der Waals surface area (Å²) in [6.07, 6.45) is 1.89. The van der Waals surface area contributed by atoms with Gasteiger partial charge in [-0.3, -0.25) is 0 Å². The Bertz CT molecular complexity index is 129. The van der Waals surface area contributed by atoms with E-state index in [0.717, 1.165) is 30.9 Å². The molecule has 0 unspecified atom stereocenters. The fraction of sp³-hybridized carbons (Fsp3) is 0.750. The molecule has 3 heteroatoms. The summed E-state index contributed by atoms with van der Waals surface area (Å²) in [6, 6.07) is 0. The smallest absolute Gasteiger partial charge is 0.0648 e. The maximum absolute atomic E-state index is 5.76. The van der Waals surface area contributed by atoms with E-state index in [4.69, 9.17) is 5.73 Å². The zero-order valence-corrected chi connectivity index (χ0v) is 7.70. The molecule has 0 aliphatic rings. The molecule has 0 radical (unpaired) electrons. The Balaban J connectivity index is 3.92. The Morgan fingerprint density at radius 3 is 2.27 bits per heavy atom. The summed E-state index contributed by atoms with van der Waals surface area (Å²) in [5.41, 5.74) is 7.87. The minimum Gasteiger partial charge on any atom is -0.401 e. The summed E-state index contributed by atoms with van der Waals surface area (Å²) in [5.74, 6) is 0. The summed E-state index contributed by atoms with van der Waals surface area (Å²) in [4.78, 5) is 0. The first-order valence-electron chi connectivity index (χ1n) is 4.12. The van der Waals surface area contributed by atoms with Crippen molar-refractivity contribution in [3.05, 3.63) is 11.4 Å². The molecule has 0 amide bonds. The van der Waals surface area contributed by atoms with Crippen LogP contribution >= 0.6 is 0 Å². The highest BCUT2D eigenvalue weighted by Crippen LogP contribution is 2.02. The lowest BCUT2D eigenvalue weighted by atomic mass is 10.2. The standard InChI is InChI=1S/C8H19N3/c1-4-7(9)8(5-2)11-6-10-3/h10-11H,4-6,9H2,1-3H3/b8-7-. The molecule has 0 heterocycles. The second-order valence-corrected chi connectivity index (χ2v) is 2.42. The van der Waals surface area contributed by atoms with Crippen LogP contribution in [0.25, 0.3) is 0 Å². The largest absolute Gasteiger partial charge is 0.401 e. The zero-order valence-electron chi connectivity index (χ0n) is 7.70. The number of nitrogens with two attached hydrogens (primary N) is 1. The van der Waals surface area contributed by atoms with Gasteiger partial charge in [0.15, 0.2) is 0 Å². The van der Waals surface area contributed by atoms with Crippen molar-refractivity contribution in [3.8, 4) is 0 Å². The molecule has 0 aliphatic carbocycles. The summed E-state index contributed by atoms with van der Waals surface area (Å²) >= 11 is 0. The molecule has 0 aliphatic heterocycles. The van der Waals surface area contributed by atoms with Crippen molar-refractivity contribution < 1.29 is 0 Å². The maximum atomic E-state index is 5.76. The Kier molecular flexibility index (Phi) is 5.65. The van der Waals surface area contributed by atoms with Crippen molar-refractivity contribution in [2.24, 2.45) is 5.73 Å². The van der Waals surface area contributed by atoms with Crippen LogP contribution in [0.4, 0.5) is 0 Å². The van der Waals surface area contributed by atoms with Gasteiger partial charge in [-0.15, -0.1) is 0 Å². The Labute approximate surface area is 69.0 Å². The fourth-order valence-electron chi connectivity index (χ4n) is 0.874. The first-order valence-corrected chi connectivity index (χ1v) is 4.12. The van der Waals surface area contributed by atoms with E-state index in [-0.39, 0.29) is 0 Å². The van der Waals surface area contributed by atoms with Crippen molar-refractivity contribution >= 4 is 0 Å². The van der Waals surface area contributed by atoms with Gasteiger partial charge in [0.2, 0.25) is 0 Å². The van der Waals surface area contributed by atoms with Gasteiger partial charge in [-0.25, -0.2) is 0 Å². The molecular formula is C8H19N3. The van der Waals surface area contributed by atoms with Crippen LogP contribution in [0.15, 0.2) is 11.4 Å². The summed E-state index contributed by atoms with van der Waals surface area (Å²) < 4.78 is 0.